The highest BCUT2D eigenvalue weighted by molar-refractivity contribution is 6.41. The largest absolute Gasteiger partial charge is 0.268 e. The molecule has 1 aliphatic heterocycles. The van der Waals surface area contributed by atoms with Crippen molar-refractivity contribution in [3.63, 3.8) is 0 Å². The van der Waals surface area contributed by atoms with Gasteiger partial charge in [-0.15, -0.1) is 0 Å². The van der Waals surface area contributed by atoms with Gasteiger partial charge >= 0.3 is 0 Å². The van der Waals surface area contributed by atoms with E-state index in [1.807, 2.05) is 91.0 Å². The molecule has 9 aromatic rings. The first-order valence-electron chi connectivity index (χ1n) is 15.5. The Kier molecular flexibility index (Phi) is 5.29. The van der Waals surface area contributed by atoms with Crippen LogP contribution in [0.5, 0.6) is 0 Å². The third-order valence-corrected chi connectivity index (χ3v) is 9.36. The van der Waals surface area contributed by atoms with Gasteiger partial charge in [0.05, 0.1) is 17.1 Å². The maximum atomic E-state index is 14.6. The van der Waals surface area contributed by atoms with Crippen LogP contribution in [0.3, 0.4) is 0 Å². The van der Waals surface area contributed by atoms with Gasteiger partial charge in [0.15, 0.2) is 0 Å². The second kappa shape index (κ2) is 9.60. The number of benzene rings is 5. The molecule has 10 rings (SSSR count). The highest BCUT2D eigenvalue weighted by Crippen LogP contribution is 2.43. The first-order valence-corrected chi connectivity index (χ1v) is 15.5. The Labute approximate surface area is 271 Å². The molecule has 1 aliphatic rings. The number of rotatable bonds is 3. The lowest BCUT2D eigenvalue weighted by atomic mass is 9.89. The first kappa shape index (κ1) is 26.4. The molecule has 5 heterocycles. The lowest BCUT2D eigenvalue weighted by molar-refractivity contribution is 0.0894. The number of imide groups is 1. The molecular formula is C40H21N5O3. The fourth-order valence-corrected chi connectivity index (χ4v) is 7.32. The summed E-state index contributed by atoms with van der Waals surface area (Å²) in [7, 11) is 0. The maximum absolute atomic E-state index is 14.6. The number of aromatic nitrogens is 4. The van der Waals surface area contributed by atoms with E-state index in [2.05, 4.69) is 16.0 Å². The van der Waals surface area contributed by atoms with Crippen molar-refractivity contribution in [2.45, 2.75) is 0 Å². The number of nitrogens with zero attached hydrogens (tertiary/aromatic N) is 5. The Hall–Kier alpha value is -6.80. The molecular weight excluding hydrogens is 598 g/mol. The van der Waals surface area contributed by atoms with Crippen molar-refractivity contribution in [2.75, 3.05) is 4.90 Å². The summed E-state index contributed by atoms with van der Waals surface area (Å²) in [5.74, 6) is -0.884. The van der Waals surface area contributed by atoms with Crippen LogP contribution < -0.4 is 10.5 Å². The van der Waals surface area contributed by atoms with Crippen molar-refractivity contribution in [1.29, 1.82) is 0 Å². The zero-order valence-electron chi connectivity index (χ0n) is 25.1. The van der Waals surface area contributed by atoms with Gasteiger partial charge < -0.3 is 0 Å². The molecule has 0 aliphatic carbocycles. The number of hydrogen-bond acceptors (Lipinski definition) is 6. The number of anilines is 1. The predicted octanol–water partition coefficient (Wildman–Crippen LogP) is 7.67. The fraction of sp³-hybridized carbons (Fsp3) is 0. The van der Waals surface area contributed by atoms with Gasteiger partial charge in [-0.1, -0.05) is 60.7 Å². The van der Waals surface area contributed by atoms with Crippen LogP contribution in [-0.4, -0.2) is 31.2 Å². The van der Waals surface area contributed by atoms with Gasteiger partial charge in [0.25, 0.3) is 17.4 Å². The summed E-state index contributed by atoms with van der Waals surface area (Å²) in [6.45, 7) is 0. The van der Waals surface area contributed by atoms with E-state index in [1.54, 1.807) is 35.0 Å². The van der Waals surface area contributed by atoms with E-state index in [0.717, 1.165) is 21.5 Å². The Balaban J connectivity index is 1.28. The second-order valence-corrected chi connectivity index (χ2v) is 11.9. The molecule has 48 heavy (non-hydrogen) atoms. The van der Waals surface area contributed by atoms with E-state index in [0.29, 0.717) is 66.8 Å². The number of pyridine rings is 3. The van der Waals surface area contributed by atoms with Gasteiger partial charge in [-0.2, -0.15) is 0 Å². The normalized spacial score (nSPS) is 13.1. The third kappa shape index (κ3) is 3.43. The van der Waals surface area contributed by atoms with Crippen LogP contribution in [0.2, 0.25) is 0 Å². The van der Waals surface area contributed by atoms with E-state index >= 15 is 0 Å². The summed E-state index contributed by atoms with van der Waals surface area (Å²) in [5, 5.41) is 5.47. The van der Waals surface area contributed by atoms with Crippen molar-refractivity contribution in [3.05, 3.63) is 149 Å². The molecule has 0 unspecified atom stereocenters. The summed E-state index contributed by atoms with van der Waals surface area (Å²) in [6.07, 6.45) is 3.35. The molecule has 224 valence electrons. The lowest BCUT2D eigenvalue weighted by Crippen LogP contribution is -2.40. The molecule has 0 saturated carbocycles. The molecule has 2 amide bonds. The monoisotopic (exact) mass is 619 g/mol. The highest BCUT2D eigenvalue weighted by Gasteiger charge is 2.37. The zero-order chi connectivity index (χ0) is 32.1. The van der Waals surface area contributed by atoms with Gasteiger partial charge in [0.2, 0.25) is 0 Å². The van der Waals surface area contributed by atoms with E-state index in [4.69, 9.17) is 4.98 Å². The Bertz CT molecular complexity index is 2830. The second-order valence-electron chi connectivity index (χ2n) is 11.9. The average molecular weight is 620 g/mol. The molecule has 0 spiro atoms. The molecule has 0 atom stereocenters. The molecule has 0 radical (unpaired) electrons. The molecule has 8 nitrogen and oxygen atoms in total. The summed E-state index contributed by atoms with van der Waals surface area (Å²) in [6, 6.07) is 35.6. The summed E-state index contributed by atoms with van der Waals surface area (Å²) >= 11 is 0. The number of carbonyl (C=O) groups is 2. The molecule has 0 saturated heterocycles. The quantitative estimate of drug-likeness (QED) is 0.149. The van der Waals surface area contributed by atoms with E-state index < -0.39 is 11.8 Å². The smallest absolute Gasteiger partial charge is 0.266 e. The molecule has 0 fully saturated rings. The molecule has 4 aromatic heterocycles. The third-order valence-electron chi connectivity index (χ3n) is 9.36. The highest BCUT2D eigenvalue weighted by atomic mass is 16.2. The fourth-order valence-electron chi connectivity index (χ4n) is 7.32. The number of carbonyl (C=O) groups excluding carboxylic acids is 2. The Morgan fingerprint density at radius 1 is 0.521 bits per heavy atom. The molecule has 5 aromatic carbocycles. The maximum Gasteiger partial charge on any atom is 0.266 e. The zero-order valence-corrected chi connectivity index (χ0v) is 25.1. The minimum absolute atomic E-state index is 0.320. The standard InChI is InChI=1S/C40H21N5O3/c46-38-27-17-18-29-33-28(39(47)45(40(29)48)35-24-11-3-1-9-22(24)21-23-10-2-4-12-25(23)35)16-15-26(32(27)33)37-43-34(30-13-5-7-19-41-30)36(44(37)38)31-14-6-8-20-42-31/h1-21H. The van der Waals surface area contributed by atoms with Gasteiger partial charge in [0, 0.05) is 55.8 Å². The number of hydrogen-bond donors (Lipinski definition) is 0. The van der Waals surface area contributed by atoms with E-state index in [-0.39, 0.29) is 5.56 Å². The topological polar surface area (TPSA) is 97.5 Å². The summed E-state index contributed by atoms with van der Waals surface area (Å²) in [5.41, 5.74) is 3.53. The van der Waals surface area contributed by atoms with Gasteiger partial charge in [-0.3, -0.25) is 28.8 Å². The summed E-state index contributed by atoms with van der Waals surface area (Å²) in [4.78, 5) is 59.1. The van der Waals surface area contributed by atoms with Crippen LogP contribution in [0.15, 0.2) is 132 Å². The summed E-state index contributed by atoms with van der Waals surface area (Å²) < 4.78 is 1.58. The van der Waals surface area contributed by atoms with Crippen LogP contribution in [0, 0.1) is 0 Å². The molecule has 0 bridgehead atoms. The molecule has 0 N–H and O–H groups in total. The van der Waals surface area contributed by atoms with Crippen molar-refractivity contribution >= 4 is 66.2 Å². The minimum atomic E-state index is -0.442. The van der Waals surface area contributed by atoms with Crippen molar-refractivity contribution in [1.82, 2.24) is 19.4 Å². The van der Waals surface area contributed by atoms with Gasteiger partial charge in [-0.25, -0.2) is 9.88 Å². The lowest BCUT2D eigenvalue weighted by Gasteiger charge is -2.29. The number of fused-ring (bicyclic) bond motifs is 4. The van der Waals surface area contributed by atoms with Crippen molar-refractivity contribution in [2.24, 2.45) is 0 Å². The van der Waals surface area contributed by atoms with Crippen LogP contribution in [0.1, 0.15) is 20.7 Å². The van der Waals surface area contributed by atoms with Crippen molar-refractivity contribution in [3.8, 4) is 22.8 Å². The average Bonchev–Trinajstić information content (AvgIpc) is 3.55. The Morgan fingerprint density at radius 2 is 1.10 bits per heavy atom. The Morgan fingerprint density at radius 3 is 1.73 bits per heavy atom. The van der Waals surface area contributed by atoms with Crippen LogP contribution in [0.4, 0.5) is 5.69 Å². The number of amides is 2. The minimum Gasteiger partial charge on any atom is -0.268 e. The van der Waals surface area contributed by atoms with Crippen LogP contribution in [0.25, 0.3) is 71.5 Å². The predicted molar refractivity (Wildman–Crippen MR) is 187 cm³/mol. The molecule has 8 heteroatoms. The SMILES string of the molecule is O=C1c2ccc3c(=O)n4c(-c5ccccn5)c(-c5ccccn5)nc4c4ccc(c2c34)C(=O)N1c1c2ccccc2cc2ccccc12. The van der Waals surface area contributed by atoms with Crippen LogP contribution >= 0.6 is 0 Å². The van der Waals surface area contributed by atoms with E-state index in [9.17, 15) is 14.4 Å². The number of imidazole rings is 1. The van der Waals surface area contributed by atoms with E-state index in [1.165, 1.54) is 4.90 Å². The van der Waals surface area contributed by atoms with Gasteiger partial charge in [-0.05, 0) is 65.4 Å². The van der Waals surface area contributed by atoms with Crippen molar-refractivity contribution < 1.29 is 9.59 Å². The first-order chi connectivity index (χ1) is 23.6. The van der Waals surface area contributed by atoms with Crippen LogP contribution in [-0.2, 0) is 0 Å². The van der Waals surface area contributed by atoms with Gasteiger partial charge in [0.1, 0.15) is 17.0 Å².